The summed E-state index contributed by atoms with van der Waals surface area (Å²) < 4.78 is 0. The summed E-state index contributed by atoms with van der Waals surface area (Å²) in [5, 5.41) is 10.4. The number of aryl methyl sites for hydroxylation is 1. The standard InChI is InChI=1S/C15H12ClN7/c1-8-6-17-15(16)22-13(8)21-11-7-18-23-12(11)14-19-9-4-2-3-5-10(9)20-14/h2-7H,1H3,(H,18,23)(H,19,20)(H,17,21,22). The van der Waals surface area contributed by atoms with Gasteiger partial charge in [-0.1, -0.05) is 12.1 Å². The highest BCUT2D eigenvalue weighted by Crippen LogP contribution is 2.28. The fourth-order valence-corrected chi connectivity index (χ4v) is 2.44. The predicted octanol–water partition coefficient (Wildman–Crippen LogP) is 3.45. The molecule has 23 heavy (non-hydrogen) atoms. The molecule has 0 saturated heterocycles. The maximum absolute atomic E-state index is 5.86. The molecule has 3 N–H and O–H groups in total. The van der Waals surface area contributed by atoms with E-state index in [4.69, 9.17) is 11.6 Å². The van der Waals surface area contributed by atoms with Crippen LogP contribution in [-0.2, 0) is 0 Å². The lowest BCUT2D eigenvalue weighted by Crippen LogP contribution is -1.99. The van der Waals surface area contributed by atoms with Gasteiger partial charge in [0, 0.05) is 11.8 Å². The Morgan fingerprint density at radius 3 is 2.87 bits per heavy atom. The fraction of sp³-hybridized carbons (Fsp3) is 0.0667. The normalized spacial score (nSPS) is 11.0. The molecule has 0 aliphatic heterocycles. The van der Waals surface area contributed by atoms with Crippen molar-refractivity contribution in [2.75, 3.05) is 5.32 Å². The number of para-hydroxylation sites is 2. The van der Waals surface area contributed by atoms with Gasteiger partial charge >= 0.3 is 0 Å². The van der Waals surface area contributed by atoms with Gasteiger partial charge in [-0.25, -0.2) is 15.0 Å². The number of halogens is 1. The average Bonchev–Trinajstić information content (AvgIpc) is 3.16. The SMILES string of the molecule is Cc1cnc(Cl)nc1Nc1cn[nH]c1-c1nc2ccccc2[nH]1. The Morgan fingerprint density at radius 2 is 2.00 bits per heavy atom. The van der Waals surface area contributed by atoms with Crippen LogP contribution in [0.4, 0.5) is 11.5 Å². The van der Waals surface area contributed by atoms with E-state index >= 15 is 0 Å². The second-order valence-corrected chi connectivity index (χ2v) is 5.39. The number of hydrogen-bond donors (Lipinski definition) is 3. The lowest BCUT2D eigenvalue weighted by Gasteiger charge is -2.07. The Morgan fingerprint density at radius 1 is 1.13 bits per heavy atom. The van der Waals surface area contributed by atoms with Crippen molar-refractivity contribution in [2.24, 2.45) is 0 Å². The number of benzene rings is 1. The number of imidazole rings is 1. The van der Waals surface area contributed by atoms with Crippen LogP contribution in [0.2, 0.25) is 5.28 Å². The Balaban J connectivity index is 1.74. The van der Waals surface area contributed by atoms with E-state index in [2.05, 4.69) is 35.5 Å². The summed E-state index contributed by atoms with van der Waals surface area (Å²) in [6.07, 6.45) is 3.34. The zero-order valence-corrected chi connectivity index (χ0v) is 12.9. The van der Waals surface area contributed by atoms with E-state index in [1.807, 2.05) is 31.2 Å². The molecule has 0 bridgehead atoms. The molecule has 4 aromatic rings. The van der Waals surface area contributed by atoms with Gasteiger partial charge in [0.05, 0.1) is 22.9 Å². The minimum absolute atomic E-state index is 0.187. The van der Waals surface area contributed by atoms with E-state index < -0.39 is 0 Å². The van der Waals surface area contributed by atoms with Gasteiger partial charge < -0.3 is 10.3 Å². The van der Waals surface area contributed by atoms with E-state index in [1.54, 1.807) is 12.4 Å². The van der Waals surface area contributed by atoms with E-state index in [9.17, 15) is 0 Å². The molecule has 3 heterocycles. The minimum atomic E-state index is 0.187. The largest absolute Gasteiger partial charge is 0.337 e. The molecular formula is C15H12ClN7. The second-order valence-electron chi connectivity index (χ2n) is 5.06. The van der Waals surface area contributed by atoms with Crippen LogP contribution in [-0.4, -0.2) is 30.1 Å². The van der Waals surface area contributed by atoms with Crippen LogP contribution in [0.15, 0.2) is 36.7 Å². The van der Waals surface area contributed by atoms with Gasteiger partial charge in [-0.15, -0.1) is 0 Å². The minimum Gasteiger partial charge on any atom is -0.337 e. The monoisotopic (exact) mass is 325 g/mol. The summed E-state index contributed by atoms with van der Waals surface area (Å²) >= 11 is 5.86. The number of nitrogens with one attached hydrogen (secondary N) is 3. The molecule has 3 aromatic heterocycles. The molecule has 1 aromatic carbocycles. The highest BCUT2D eigenvalue weighted by Gasteiger charge is 2.14. The van der Waals surface area contributed by atoms with E-state index in [1.165, 1.54) is 0 Å². The lowest BCUT2D eigenvalue weighted by molar-refractivity contribution is 1.08. The summed E-state index contributed by atoms with van der Waals surface area (Å²) in [4.78, 5) is 16.0. The Bertz CT molecular complexity index is 955. The third kappa shape index (κ3) is 2.51. The van der Waals surface area contributed by atoms with Crippen molar-refractivity contribution >= 4 is 34.1 Å². The first-order valence-corrected chi connectivity index (χ1v) is 7.33. The average molecular weight is 326 g/mol. The number of rotatable bonds is 3. The van der Waals surface area contributed by atoms with Gasteiger partial charge in [0.25, 0.3) is 0 Å². The van der Waals surface area contributed by atoms with Crippen LogP contribution >= 0.6 is 11.6 Å². The number of nitrogens with zero attached hydrogens (tertiary/aromatic N) is 4. The van der Waals surface area contributed by atoms with Crippen LogP contribution in [0.3, 0.4) is 0 Å². The van der Waals surface area contributed by atoms with Gasteiger partial charge in [0.1, 0.15) is 11.5 Å². The van der Waals surface area contributed by atoms with Crippen LogP contribution < -0.4 is 5.32 Å². The van der Waals surface area contributed by atoms with Gasteiger partial charge in [-0.2, -0.15) is 5.10 Å². The Labute approximate surface area is 136 Å². The number of fused-ring (bicyclic) bond motifs is 1. The zero-order valence-electron chi connectivity index (χ0n) is 12.1. The molecule has 0 saturated carbocycles. The quantitative estimate of drug-likeness (QED) is 0.501. The van der Waals surface area contributed by atoms with Crippen molar-refractivity contribution in [3.8, 4) is 11.5 Å². The summed E-state index contributed by atoms with van der Waals surface area (Å²) in [7, 11) is 0. The smallest absolute Gasteiger partial charge is 0.224 e. The third-order valence-corrected chi connectivity index (χ3v) is 3.64. The van der Waals surface area contributed by atoms with Crippen molar-refractivity contribution in [1.82, 2.24) is 30.1 Å². The predicted molar refractivity (Wildman–Crippen MR) is 88.7 cm³/mol. The molecule has 0 radical (unpaired) electrons. The molecule has 0 unspecified atom stereocenters. The number of aromatic nitrogens is 6. The van der Waals surface area contributed by atoms with E-state index in [-0.39, 0.29) is 5.28 Å². The molecule has 0 fully saturated rings. The van der Waals surface area contributed by atoms with Crippen molar-refractivity contribution in [2.45, 2.75) is 6.92 Å². The first-order valence-electron chi connectivity index (χ1n) is 6.95. The van der Waals surface area contributed by atoms with Gasteiger partial charge in [0.2, 0.25) is 5.28 Å². The number of hydrogen-bond acceptors (Lipinski definition) is 5. The van der Waals surface area contributed by atoms with E-state index in [0.717, 1.165) is 28.0 Å². The first kappa shape index (κ1) is 13.7. The number of anilines is 2. The lowest BCUT2D eigenvalue weighted by atomic mass is 10.3. The maximum Gasteiger partial charge on any atom is 0.224 e. The van der Waals surface area contributed by atoms with Crippen LogP contribution in [0, 0.1) is 6.92 Å². The molecule has 0 aliphatic carbocycles. The highest BCUT2D eigenvalue weighted by atomic mass is 35.5. The van der Waals surface area contributed by atoms with Gasteiger partial charge in [-0.3, -0.25) is 5.10 Å². The number of aromatic amines is 2. The van der Waals surface area contributed by atoms with Crippen molar-refractivity contribution in [3.63, 3.8) is 0 Å². The highest BCUT2D eigenvalue weighted by molar-refractivity contribution is 6.28. The molecule has 8 heteroatoms. The Kier molecular flexibility index (Phi) is 3.20. The molecule has 0 aliphatic rings. The van der Waals surface area contributed by atoms with E-state index in [0.29, 0.717) is 11.6 Å². The van der Waals surface area contributed by atoms with Crippen molar-refractivity contribution in [1.29, 1.82) is 0 Å². The summed E-state index contributed by atoms with van der Waals surface area (Å²) in [6, 6.07) is 7.84. The van der Waals surface area contributed by atoms with Crippen LogP contribution in [0.25, 0.3) is 22.6 Å². The van der Waals surface area contributed by atoms with Crippen molar-refractivity contribution < 1.29 is 0 Å². The molecule has 0 atom stereocenters. The van der Waals surface area contributed by atoms with Crippen LogP contribution in [0.1, 0.15) is 5.56 Å². The Hall–Kier alpha value is -2.93. The summed E-state index contributed by atoms with van der Waals surface area (Å²) in [5.74, 6) is 1.33. The molecule has 7 nitrogen and oxygen atoms in total. The summed E-state index contributed by atoms with van der Waals surface area (Å²) in [6.45, 7) is 1.90. The second kappa shape index (κ2) is 5.36. The molecule has 4 rings (SSSR count). The molecule has 0 amide bonds. The molecule has 0 spiro atoms. The first-order chi connectivity index (χ1) is 11.2. The van der Waals surface area contributed by atoms with Gasteiger partial charge in [-0.05, 0) is 30.7 Å². The zero-order chi connectivity index (χ0) is 15.8. The molecular weight excluding hydrogens is 314 g/mol. The topological polar surface area (TPSA) is 95.2 Å². The third-order valence-electron chi connectivity index (χ3n) is 3.46. The van der Waals surface area contributed by atoms with Gasteiger partial charge in [0.15, 0.2) is 5.82 Å². The number of H-pyrrole nitrogens is 2. The fourth-order valence-electron chi connectivity index (χ4n) is 2.31. The summed E-state index contributed by atoms with van der Waals surface area (Å²) in [5.41, 5.74) is 4.23. The maximum atomic E-state index is 5.86. The van der Waals surface area contributed by atoms with Crippen molar-refractivity contribution in [3.05, 3.63) is 47.5 Å². The van der Waals surface area contributed by atoms with Crippen LogP contribution in [0.5, 0.6) is 0 Å². The molecule has 114 valence electrons.